The summed E-state index contributed by atoms with van der Waals surface area (Å²) in [6, 6.07) is -0.428. The van der Waals surface area contributed by atoms with E-state index in [2.05, 4.69) is 5.32 Å². The van der Waals surface area contributed by atoms with E-state index in [1.807, 2.05) is 13.8 Å². The molecular weight excluding hydrogens is 208 g/mol. The van der Waals surface area contributed by atoms with Gasteiger partial charge in [0.25, 0.3) is 0 Å². The van der Waals surface area contributed by atoms with Gasteiger partial charge >= 0.3 is 0 Å². The van der Waals surface area contributed by atoms with E-state index in [1.165, 1.54) is 0 Å². The van der Waals surface area contributed by atoms with E-state index in [9.17, 15) is 14.4 Å². The van der Waals surface area contributed by atoms with Crippen LogP contribution in [0.25, 0.3) is 0 Å². The lowest BCUT2D eigenvalue weighted by Gasteiger charge is -2.21. The van der Waals surface area contributed by atoms with Gasteiger partial charge in [0.05, 0.1) is 12.6 Å². The second-order valence-corrected chi connectivity index (χ2v) is 4.36. The highest BCUT2D eigenvalue weighted by molar-refractivity contribution is 5.91. The van der Waals surface area contributed by atoms with Gasteiger partial charge in [0.1, 0.15) is 0 Å². The van der Waals surface area contributed by atoms with E-state index >= 15 is 0 Å². The number of carbonyl (C=O) groups excluding carboxylic acids is 3. The summed E-state index contributed by atoms with van der Waals surface area (Å²) in [5.41, 5.74) is 0. The molecule has 0 radical (unpaired) electrons. The van der Waals surface area contributed by atoms with Gasteiger partial charge in [0.15, 0.2) is 5.78 Å². The number of amides is 2. The number of nitrogens with one attached hydrogen (secondary N) is 1. The molecule has 0 aromatic heterocycles. The van der Waals surface area contributed by atoms with Gasteiger partial charge in [-0.05, 0) is 12.8 Å². The summed E-state index contributed by atoms with van der Waals surface area (Å²) in [5, 5.41) is 2.49. The maximum absolute atomic E-state index is 11.7. The van der Waals surface area contributed by atoms with Gasteiger partial charge in [0, 0.05) is 12.5 Å². The Morgan fingerprint density at radius 2 is 2.25 bits per heavy atom. The van der Waals surface area contributed by atoms with Crippen LogP contribution in [-0.2, 0) is 14.4 Å². The molecule has 0 aliphatic carbocycles. The van der Waals surface area contributed by atoms with Crippen molar-refractivity contribution in [3.05, 3.63) is 0 Å². The van der Waals surface area contributed by atoms with Crippen LogP contribution in [0.1, 0.15) is 26.7 Å². The minimum absolute atomic E-state index is 0.0000954. The quantitative estimate of drug-likeness (QED) is 0.686. The minimum atomic E-state index is -0.428. The summed E-state index contributed by atoms with van der Waals surface area (Å²) < 4.78 is 0. The van der Waals surface area contributed by atoms with E-state index in [4.69, 9.17) is 0 Å². The molecule has 1 heterocycles. The Morgan fingerprint density at radius 1 is 1.56 bits per heavy atom. The van der Waals surface area contributed by atoms with Crippen LogP contribution < -0.4 is 5.32 Å². The first-order valence-corrected chi connectivity index (χ1v) is 5.57. The average molecular weight is 226 g/mol. The van der Waals surface area contributed by atoms with Gasteiger partial charge < -0.3 is 10.2 Å². The SMILES string of the molecule is CC(C)C(=O)N1CCCC(NC=O)C(=O)C1. The van der Waals surface area contributed by atoms with E-state index in [0.717, 1.165) is 6.42 Å². The summed E-state index contributed by atoms with van der Waals surface area (Å²) in [7, 11) is 0. The average Bonchev–Trinajstić information content (AvgIpc) is 2.41. The van der Waals surface area contributed by atoms with E-state index in [1.54, 1.807) is 4.90 Å². The van der Waals surface area contributed by atoms with Crippen molar-refractivity contribution in [1.82, 2.24) is 10.2 Å². The summed E-state index contributed by atoms with van der Waals surface area (Å²) in [5.74, 6) is -0.179. The molecular formula is C11H18N2O3. The molecule has 5 nitrogen and oxygen atoms in total. The van der Waals surface area contributed by atoms with Gasteiger partial charge in [-0.1, -0.05) is 13.8 Å². The third-order valence-corrected chi connectivity index (χ3v) is 2.73. The van der Waals surface area contributed by atoms with Crippen LogP contribution in [-0.4, -0.2) is 42.1 Å². The molecule has 1 saturated heterocycles. The normalized spacial score (nSPS) is 21.8. The van der Waals surface area contributed by atoms with E-state index in [0.29, 0.717) is 19.4 Å². The number of likely N-dealkylation sites (tertiary alicyclic amines) is 1. The summed E-state index contributed by atoms with van der Waals surface area (Å²) in [6.45, 7) is 4.35. The second kappa shape index (κ2) is 5.63. The lowest BCUT2D eigenvalue weighted by Crippen LogP contribution is -2.42. The molecule has 5 heteroatoms. The smallest absolute Gasteiger partial charge is 0.225 e. The second-order valence-electron chi connectivity index (χ2n) is 4.36. The molecule has 1 rings (SSSR count). The Kier molecular flexibility index (Phi) is 4.46. The number of carbonyl (C=O) groups is 3. The van der Waals surface area contributed by atoms with Crippen molar-refractivity contribution in [3.63, 3.8) is 0 Å². The van der Waals surface area contributed by atoms with Crippen LogP contribution in [0.4, 0.5) is 0 Å². The van der Waals surface area contributed by atoms with E-state index in [-0.39, 0.29) is 24.2 Å². The molecule has 1 aliphatic rings. The third-order valence-electron chi connectivity index (χ3n) is 2.73. The predicted octanol–water partition coefficient (Wildman–Crippen LogP) is -0.0515. The maximum Gasteiger partial charge on any atom is 0.225 e. The van der Waals surface area contributed by atoms with Gasteiger partial charge in [-0.25, -0.2) is 0 Å². The lowest BCUT2D eigenvalue weighted by molar-refractivity contribution is -0.137. The molecule has 2 amide bonds. The van der Waals surface area contributed by atoms with Crippen LogP contribution in [0.3, 0.4) is 0 Å². The van der Waals surface area contributed by atoms with Crippen molar-refractivity contribution in [2.75, 3.05) is 13.1 Å². The van der Waals surface area contributed by atoms with Crippen molar-refractivity contribution in [1.29, 1.82) is 0 Å². The van der Waals surface area contributed by atoms with Crippen molar-refractivity contribution < 1.29 is 14.4 Å². The zero-order valence-electron chi connectivity index (χ0n) is 9.73. The number of hydrogen-bond donors (Lipinski definition) is 1. The standard InChI is InChI=1S/C11H18N2O3/c1-8(2)11(16)13-5-3-4-9(12-7-14)10(15)6-13/h7-9H,3-6H2,1-2H3,(H,12,14). The molecule has 1 fully saturated rings. The molecule has 0 aromatic carbocycles. The van der Waals surface area contributed by atoms with Gasteiger partial charge in [-0.3, -0.25) is 14.4 Å². The first-order chi connectivity index (χ1) is 7.56. The molecule has 0 saturated carbocycles. The number of hydrogen-bond acceptors (Lipinski definition) is 3. The van der Waals surface area contributed by atoms with Crippen LogP contribution in [0.2, 0.25) is 0 Å². The molecule has 1 unspecified atom stereocenters. The molecule has 1 atom stereocenters. The fourth-order valence-electron chi connectivity index (χ4n) is 1.84. The van der Waals surface area contributed by atoms with Crippen LogP contribution >= 0.6 is 0 Å². The molecule has 0 aromatic rings. The fraction of sp³-hybridized carbons (Fsp3) is 0.727. The largest absolute Gasteiger partial charge is 0.349 e. The molecule has 0 bridgehead atoms. The molecule has 16 heavy (non-hydrogen) atoms. The van der Waals surface area contributed by atoms with E-state index < -0.39 is 6.04 Å². The van der Waals surface area contributed by atoms with Gasteiger partial charge in [0.2, 0.25) is 12.3 Å². The lowest BCUT2D eigenvalue weighted by atomic mass is 10.1. The number of ketones is 1. The fourth-order valence-corrected chi connectivity index (χ4v) is 1.84. The molecule has 1 aliphatic heterocycles. The molecule has 90 valence electrons. The topological polar surface area (TPSA) is 66.5 Å². The first kappa shape index (κ1) is 12.7. The summed E-state index contributed by atoms with van der Waals surface area (Å²) in [6.07, 6.45) is 1.90. The Labute approximate surface area is 95.2 Å². The van der Waals surface area contributed by atoms with Gasteiger partial charge in [-0.15, -0.1) is 0 Å². The third kappa shape index (κ3) is 3.05. The van der Waals surface area contributed by atoms with Crippen molar-refractivity contribution in [2.45, 2.75) is 32.7 Å². The molecule has 0 spiro atoms. The maximum atomic E-state index is 11.7. The highest BCUT2D eigenvalue weighted by atomic mass is 16.2. The molecule has 1 N–H and O–H groups in total. The Balaban J connectivity index is 2.64. The highest BCUT2D eigenvalue weighted by Crippen LogP contribution is 2.11. The Morgan fingerprint density at radius 3 is 2.81 bits per heavy atom. The van der Waals surface area contributed by atoms with Crippen LogP contribution in [0, 0.1) is 5.92 Å². The van der Waals surface area contributed by atoms with Crippen molar-refractivity contribution in [2.24, 2.45) is 5.92 Å². The minimum Gasteiger partial charge on any atom is -0.349 e. The van der Waals surface area contributed by atoms with Crippen LogP contribution in [0.15, 0.2) is 0 Å². The van der Waals surface area contributed by atoms with Gasteiger partial charge in [-0.2, -0.15) is 0 Å². The summed E-state index contributed by atoms with van der Waals surface area (Å²) >= 11 is 0. The monoisotopic (exact) mass is 226 g/mol. The summed E-state index contributed by atoms with van der Waals surface area (Å²) in [4.78, 5) is 35.4. The van der Waals surface area contributed by atoms with Crippen molar-refractivity contribution in [3.8, 4) is 0 Å². The van der Waals surface area contributed by atoms with Crippen molar-refractivity contribution >= 4 is 18.1 Å². The highest BCUT2D eigenvalue weighted by Gasteiger charge is 2.27. The predicted molar refractivity (Wildman–Crippen MR) is 58.6 cm³/mol. The Hall–Kier alpha value is -1.39. The number of Topliss-reactive ketones (excluding diaryl/α,β-unsaturated/α-hetero) is 1. The first-order valence-electron chi connectivity index (χ1n) is 5.57. The number of nitrogens with zero attached hydrogens (tertiary/aromatic N) is 1. The zero-order chi connectivity index (χ0) is 12.1. The van der Waals surface area contributed by atoms with Crippen LogP contribution in [0.5, 0.6) is 0 Å². The Bertz CT molecular complexity index is 289. The number of rotatable bonds is 3. The zero-order valence-corrected chi connectivity index (χ0v) is 9.73.